The number of benzene rings is 1. The summed E-state index contributed by atoms with van der Waals surface area (Å²) in [5, 5.41) is 6.85. The van der Waals surface area contributed by atoms with Crippen LogP contribution in [0.15, 0.2) is 29.2 Å². The number of methoxy groups -OCH3 is 1. The number of aromatic nitrogens is 3. The van der Waals surface area contributed by atoms with Crippen molar-refractivity contribution in [2.45, 2.75) is 30.6 Å². The third-order valence-electron chi connectivity index (χ3n) is 2.66. The van der Waals surface area contributed by atoms with Gasteiger partial charge in [-0.05, 0) is 17.7 Å². The average molecular weight is 279 g/mol. The molecular weight excluding hydrogens is 262 g/mol. The maximum Gasteiger partial charge on any atom is 0.150 e. The molecular formula is C13H17N3O2S. The number of hydrogen-bond acceptors (Lipinski definition) is 4. The van der Waals surface area contributed by atoms with Gasteiger partial charge in [-0.2, -0.15) is 5.10 Å². The molecule has 102 valence electrons. The van der Waals surface area contributed by atoms with Crippen LogP contribution in [-0.2, 0) is 34.3 Å². The van der Waals surface area contributed by atoms with Crippen LogP contribution in [0.2, 0.25) is 0 Å². The molecule has 0 radical (unpaired) electrons. The van der Waals surface area contributed by atoms with Crippen molar-refractivity contribution >= 4 is 10.8 Å². The van der Waals surface area contributed by atoms with Crippen LogP contribution in [0, 0.1) is 0 Å². The number of nitrogens with zero attached hydrogens (tertiary/aromatic N) is 2. The lowest BCUT2D eigenvalue weighted by atomic mass is 10.2. The van der Waals surface area contributed by atoms with Gasteiger partial charge < -0.3 is 4.74 Å². The zero-order chi connectivity index (χ0) is 13.7. The Morgan fingerprint density at radius 1 is 1.32 bits per heavy atom. The molecule has 6 heteroatoms. The van der Waals surface area contributed by atoms with E-state index >= 15 is 0 Å². The molecule has 0 fully saturated rings. The summed E-state index contributed by atoms with van der Waals surface area (Å²) in [4.78, 5) is 5.05. The van der Waals surface area contributed by atoms with E-state index in [0.717, 1.165) is 22.7 Å². The maximum absolute atomic E-state index is 12.2. The average Bonchev–Trinajstić information content (AvgIpc) is 2.87. The van der Waals surface area contributed by atoms with Gasteiger partial charge in [-0.3, -0.25) is 9.31 Å². The van der Waals surface area contributed by atoms with Crippen molar-refractivity contribution < 1.29 is 8.95 Å². The van der Waals surface area contributed by atoms with Crippen molar-refractivity contribution in [2.75, 3.05) is 7.11 Å². The summed E-state index contributed by atoms with van der Waals surface area (Å²) in [6.45, 7) is 2.55. The Morgan fingerprint density at radius 2 is 2.05 bits per heavy atom. The molecule has 0 aliphatic rings. The lowest BCUT2D eigenvalue weighted by molar-refractivity contribution is 0.185. The molecule has 1 aromatic heterocycles. The molecule has 2 aromatic rings. The van der Waals surface area contributed by atoms with Gasteiger partial charge in [0.2, 0.25) is 0 Å². The van der Waals surface area contributed by atoms with Crippen molar-refractivity contribution in [1.29, 1.82) is 0 Å². The summed E-state index contributed by atoms with van der Waals surface area (Å²) in [6.07, 6.45) is 0.773. The Kier molecular flexibility index (Phi) is 4.81. The van der Waals surface area contributed by atoms with Crippen LogP contribution >= 0.6 is 0 Å². The highest BCUT2D eigenvalue weighted by atomic mass is 32.2. The number of aromatic amines is 1. The number of ether oxygens (including phenoxy) is 1. The normalized spacial score (nSPS) is 12.5. The van der Waals surface area contributed by atoms with Crippen molar-refractivity contribution in [1.82, 2.24) is 15.2 Å². The predicted molar refractivity (Wildman–Crippen MR) is 73.0 cm³/mol. The fraction of sp³-hybridized carbons (Fsp3) is 0.385. The van der Waals surface area contributed by atoms with Crippen molar-refractivity contribution in [2.24, 2.45) is 0 Å². The predicted octanol–water partition coefficient (Wildman–Crippen LogP) is 1.82. The molecule has 0 aliphatic carbocycles. The molecule has 19 heavy (non-hydrogen) atoms. The van der Waals surface area contributed by atoms with Gasteiger partial charge in [0, 0.05) is 18.4 Å². The summed E-state index contributed by atoms with van der Waals surface area (Å²) in [5.74, 6) is 1.77. The second-order valence-corrected chi connectivity index (χ2v) is 5.57. The second kappa shape index (κ2) is 6.58. The number of aryl methyl sites for hydroxylation is 1. The van der Waals surface area contributed by atoms with Gasteiger partial charge in [-0.1, -0.05) is 19.1 Å². The van der Waals surface area contributed by atoms with E-state index in [2.05, 4.69) is 15.2 Å². The lowest BCUT2D eigenvalue weighted by Crippen LogP contribution is -1.99. The highest BCUT2D eigenvalue weighted by Crippen LogP contribution is 2.12. The molecule has 0 aliphatic heterocycles. The van der Waals surface area contributed by atoms with Crippen LogP contribution < -0.4 is 0 Å². The van der Waals surface area contributed by atoms with Crippen LogP contribution in [0.1, 0.15) is 24.1 Å². The molecule has 5 nitrogen and oxygen atoms in total. The number of hydrogen-bond donors (Lipinski definition) is 1. The molecule has 0 spiro atoms. The van der Waals surface area contributed by atoms with Crippen molar-refractivity contribution in [3.8, 4) is 0 Å². The van der Waals surface area contributed by atoms with Crippen LogP contribution in [0.4, 0.5) is 0 Å². The van der Waals surface area contributed by atoms with E-state index in [4.69, 9.17) is 4.74 Å². The van der Waals surface area contributed by atoms with Crippen LogP contribution in [0.3, 0.4) is 0 Å². The van der Waals surface area contributed by atoms with E-state index < -0.39 is 10.8 Å². The van der Waals surface area contributed by atoms with Crippen LogP contribution in [-0.4, -0.2) is 26.5 Å². The Hall–Kier alpha value is -1.53. The first-order valence-corrected chi connectivity index (χ1v) is 7.41. The van der Waals surface area contributed by atoms with E-state index in [1.54, 1.807) is 7.11 Å². The molecule has 1 aromatic carbocycles. The molecule has 1 atom stereocenters. The first-order chi connectivity index (χ1) is 9.22. The maximum atomic E-state index is 12.2. The van der Waals surface area contributed by atoms with E-state index in [0.29, 0.717) is 18.2 Å². The SMILES string of the molecule is CCc1n[nH]c(C[S@](=O)c2ccc(COC)cc2)n1. The quantitative estimate of drug-likeness (QED) is 0.876. The van der Waals surface area contributed by atoms with Gasteiger partial charge in [0.25, 0.3) is 0 Å². The molecule has 1 heterocycles. The zero-order valence-corrected chi connectivity index (χ0v) is 11.9. The highest BCUT2D eigenvalue weighted by Gasteiger charge is 2.09. The van der Waals surface area contributed by atoms with Gasteiger partial charge in [-0.15, -0.1) is 0 Å². The van der Waals surface area contributed by atoms with E-state index in [1.807, 2.05) is 31.2 Å². The fourth-order valence-corrected chi connectivity index (χ4v) is 2.65. The zero-order valence-electron chi connectivity index (χ0n) is 11.0. The second-order valence-electron chi connectivity index (χ2n) is 4.12. The van der Waals surface area contributed by atoms with Gasteiger partial charge >= 0.3 is 0 Å². The standard InChI is InChI=1S/C13H17N3O2S/c1-3-12-14-13(16-15-12)9-19(17)11-6-4-10(5-7-11)8-18-2/h4-7H,3,8-9H2,1-2H3,(H,14,15,16)/t19-/m0/s1. The van der Waals surface area contributed by atoms with Gasteiger partial charge in [0.05, 0.1) is 23.2 Å². The summed E-state index contributed by atoms with van der Waals surface area (Å²) in [5.41, 5.74) is 1.07. The minimum absolute atomic E-state index is 0.358. The lowest BCUT2D eigenvalue weighted by Gasteiger charge is -2.02. The molecule has 0 amide bonds. The summed E-state index contributed by atoms with van der Waals surface area (Å²) in [7, 11) is 0.544. The van der Waals surface area contributed by atoms with E-state index in [-0.39, 0.29) is 0 Å². The summed E-state index contributed by atoms with van der Waals surface area (Å²) >= 11 is 0. The van der Waals surface area contributed by atoms with Crippen LogP contribution in [0.5, 0.6) is 0 Å². The number of nitrogens with one attached hydrogen (secondary N) is 1. The summed E-state index contributed by atoms with van der Waals surface area (Å²) in [6, 6.07) is 7.58. The van der Waals surface area contributed by atoms with Crippen LogP contribution in [0.25, 0.3) is 0 Å². The van der Waals surface area contributed by atoms with E-state index in [9.17, 15) is 4.21 Å². The molecule has 1 N–H and O–H groups in total. The topological polar surface area (TPSA) is 67.9 Å². The monoisotopic (exact) mass is 279 g/mol. The Bertz CT molecular complexity index is 551. The van der Waals surface area contributed by atoms with Gasteiger partial charge in [-0.25, -0.2) is 4.98 Å². The third kappa shape index (κ3) is 3.71. The van der Waals surface area contributed by atoms with Gasteiger partial charge in [0.1, 0.15) is 11.6 Å². The first kappa shape index (κ1) is 13.9. The van der Waals surface area contributed by atoms with Crippen molar-refractivity contribution in [3.05, 3.63) is 41.5 Å². The Morgan fingerprint density at radius 3 is 2.63 bits per heavy atom. The Balaban J connectivity index is 2.02. The van der Waals surface area contributed by atoms with Gasteiger partial charge in [0.15, 0.2) is 0 Å². The van der Waals surface area contributed by atoms with Crippen molar-refractivity contribution in [3.63, 3.8) is 0 Å². The minimum Gasteiger partial charge on any atom is -0.380 e. The third-order valence-corrected chi connectivity index (χ3v) is 3.99. The molecule has 0 saturated heterocycles. The van der Waals surface area contributed by atoms with E-state index in [1.165, 1.54) is 0 Å². The largest absolute Gasteiger partial charge is 0.380 e. The molecule has 0 unspecified atom stereocenters. The fourth-order valence-electron chi connectivity index (χ4n) is 1.67. The molecule has 0 bridgehead atoms. The number of rotatable bonds is 6. The molecule has 0 saturated carbocycles. The highest BCUT2D eigenvalue weighted by molar-refractivity contribution is 7.84. The Labute approximate surface area is 114 Å². The number of H-pyrrole nitrogens is 1. The summed E-state index contributed by atoms with van der Waals surface area (Å²) < 4.78 is 17.2. The molecule has 2 rings (SSSR count). The minimum atomic E-state index is -1.11. The first-order valence-electron chi connectivity index (χ1n) is 6.09. The smallest absolute Gasteiger partial charge is 0.150 e.